The molecule has 8 rings (SSSR count). The molecule has 0 N–H and O–H groups in total. The highest BCUT2D eigenvalue weighted by molar-refractivity contribution is 8.02. The van der Waals surface area contributed by atoms with E-state index in [2.05, 4.69) is 96.9 Å². The SMILES string of the molecule is C1=CSc2ccccc2C=N1.Cc1ccc2nc(C3CCC=c4ccc5c(c43)CC=c3ccccc3=5)cc(Cl)c2c1. The molecule has 4 heteroatoms. The van der Waals surface area contributed by atoms with Crippen LogP contribution in [-0.4, -0.2) is 11.2 Å². The molecule has 200 valence electrons. The summed E-state index contributed by atoms with van der Waals surface area (Å²) in [5.41, 5.74) is 7.38. The summed E-state index contributed by atoms with van der Waals surface area (Å²) in [6, 6.07) is 30.0. The number of aryl methyl sites for hydroxylation is 1. The number of hydrogen-bond donors (Lipinski definition) is 0. The van der Waals surface area contributed by atoms with Gasteiger partial charge in [0.2, 0.25) is 0 Å². The Bertz CT molecular complexity index is 2090. The summed E-state index contributed by atoms with van der Waals surface area (Å²) < 4.78 is 0. The van der Waals surface area contributed by atoms with Crippen LogP contribution in [0.5, 0.6) is 0 Å². The molecule has 4 aromatic carbocycles. The zero-order chi connectivity index (χ0) is 27.8. The Kier molecular flexibility index (Phi) is 7.08. The first-order valence-corrected chi connectivity index (χ1v) is 15.3. The fraction of sp³-hybridized carbons (Fsp3) is 0.135. The van der Waals surface area contributed by atoms with E-state index in [-0.39, 0.29) is 5.92 Å². The van der Waals surface area contributed by atoms with Crippen LogP contribution in [-0.2, 0) is 6.42 Å². The summed E-state index contributed by atoms with van der Waals surface area (Å²) in [5, 5.41) is 9.24. The lowest BCUT2D eigenvalue weighted by molar-refractivity contribution is 0.694. The third kappa shape index (κ3) is 5.05. The van der Waals surface area contributed by atoms with Crippen molar-refractivity contribution in [3.63, 3.8) is 0 Å². The van der Waals surface area contributed by atoms with Gasteiger partial charge in [-0.3, -0.25) is 9.98 Å². The van der Waals surface area contributed by atoms with E-state index < -0.39 is 0 Å². The lowest BCUT2D eigenvalue weighted by atomic mass is 9.80. The number of pyridine rings is 1. The van der Waals surface area contributed by atoms with E-state index in [0.717, 1.165) is 40.9 Å². The van der Waals surface area contributed by atoms with Gasteiger partial charge in [0.1, 0.15) is 0 Å². The van der Waals surface area contributed by atoms with Crippen molar-refractivity contribution < 1.29 is 0 Å². The van der Waals surface area contributed by atoms with Gasteiger partial charge in [-0.25, -0.2) is 0 Å². The number of aliphatic imine (C=N–C) groups is 1. The number of aromatic nitrogens is 1. The minimum absolute atomic E-state index is 0.279. The van der Waals surface area contributed by atoms with Crippen molar-refractivity contribution in [2.24, 2.45) is 4.99 Å². The van der Waals surface area contributed by atoms with Gasteiger partial charge in [0.25, 0.3) is 0 Å². The van der Waals surface area contributed by atoms with Crippen LogP contribution < -0.4 is 10.4 Å². The van der Waals surface area contributed by atoms with E-state index in [4.69, 9.17) is 16.6 Å². The van der Waals surface area contributed by atoms with Gasteiger partial charge in [0, 0.05) is 34.2 Å². The van der Waals surface area contributed by atoms with Crippen molar-refractivity contribution in [1.82, 2.24) is 4.98 Å². The van der Waals surface area contributed by atoms with Crippen LogP contribution in [0.4, 0.5) is 0 Å². The number of rotatable bonds is 1. The molecule has 0 spiro atoms. The first-order chi connectivity index (χ1) is 20.2. The average molecular weight is 569 g/mol. The predicted octanol–water partition coefficient (Wildman–Crippen LogP) is 8.21. The van der Waals surface area contributed by atoms with Gasteiger partial charge >= 0.3 is 0 Å². The van der Waals surface area contributed by atoms with Crippen LogP contribution in [0, 0.1) is 17.4 Å². The molecule has 2 aliphatic carbocycles. The normalized spacial score (nSPS) is 16.1. The number of fused-ring (bicyclic) bond motifs is 6. The van der Waals surface area contributed by atoms with E-state index in [1.165, 1.54) is 48.0 Å². The minimum Gasteiger partial charge on any atom is -0.264 e. The molecule has 5 aromatic rings. The van der Waals surface area contributed by atoms with Gasteiger partial charge in [-0.05, 0) is 87.9 Å². The highest BCUT2D eigenvalue weighted by Crippen LogP contribution is 2.35. The Hall–Kier alpha value is -3.92. The summed E-state index contributed by atoms with van der Waals surface area (Å²) in [4.78, 5) is 10.4. The smallest absolute Gasteiger partial charge is 0.0720 e. The second-order valence-corrected chi connectivity index (χ2v) is 12.0. The third-order valence-electron chi connectivity index (χ3n) is 8.10. The van der Waals surface area contributed by atoms with Crippen molar-refractivity contribution >= 4 is 52.6 Å². The van der Waals surface area contributed by atoms with Gasteiger partial charge in [0.05, 0.1) is 16.2 Å². The van der Waals surface area contributed by atoms with E-state index in [1.54, 1.807) is 11.8 Å². The van der Waals surface area contributed by atoms with Crippen LogP contribution >= 0.6 is 23.4 Å². The fourth-order valence-electron chi connectivity index (χ4n) is 6.18. The van der Waals surface area contributed by atoms with Gasteiger partial charge in [-0.1, -0.05) is 102 Å². The largest absolute Gasteiger partial charge is 0.264 e. The van der Waals surface area contributed by atoms with Crippen LogP contribution in [0.2, 0.25) is 5.02 Å². The molecular weight excluding hydrogens is 540 g/mol. The second-order valence-electron chi connectivity index (χ2n) is 10.7. The van der Waals surface area contributed by atoms with Gasteiger partial charge in [0.15, 0.2) is 0 Å². The maximum Gasteiger partial charge on any atom is 0.0720 e. The van der Waals surface area contributed by atoms with Crippen molar-refractivity contribution in [2.45, 2.75) is 37.0 Å². The molecule has 2 nitrogen and oxygen atoms in total. The summed E-state index contributed by atoms with van der Waals surface area (Å²) in [6.07, 6.45) is 11.6. The molecule has 0 saturated heterocycles. The van der Waals surface area contributed by atoms with Gasteiger partial charge < -0.3 is 0 Å². The molecular formula is C37H29ClN2S. The van der Waals surface area contributed by atoms with Crippen LogP contribution in [0.15, 0.2) is 106 Å². The summed E-state index contributed by atoms with van der Waals surface area (Å²) in [6.45, 7) is 2.09. The maximum atomic E-state index is 6.74. The molecule has 1 atom stereocenters. The highest BCUT2D eigenvalue weighted by Gasteiger charge is 2.24. The topological polar surface area (TPSA) is 25.2 Å². The zero-order valence-electron chi connectivity index (χ0n) is 22.8. The average Bonchev–Trinajstić information content (AvgIpc) is 3.27. The Labute approximate surface area is 249 Å². The Morgan fingerprint density at radius 1 is 0.854 bits per heavy atom. The minimum atomic E-state index is 0.279. The number of nitrogens with zero attached hydrogens (tertiary/aromatic N) is 2. The number of thioether (sulfide) groups is 1. The quantitative estimate of drug-likeness (QED) is 0.203. The molecule has 0 saturated carbocycles. The van der Waals surface area contributed by atoms with Crippen molar-refractivity contribution in [3.8, 4) is 0 Å². The van der Waals surface area contributed by atoms with Crippen LogP contribution in [0.1, 0.15) is 46.7 Å². The van der Waals surface area contributed by atoms with Crippen LogP contribution in [0.3, 0.4) is 0 Å². The monoisotopic (exact) mass is 568 g/mol. The molecule has 0 radical (unpaired) electrons. The lowest BCUT2D eigenvalue weighted by Gasteiger charge is -2.25. The Morgan fingerprint density at radius 2 is 1.73 bits per heavy atom. The van der Waals surface area contributed by atoms with Crippen molar-refractivity contribution in [2.75, 3.05) is 0 Å². The van der Waals surface area contributed by atoms with Crippen molar-refractivity contribution in [1.29, 1.82) is 0 Å². The van der Waals surface area contributed by atoms with Crippen molar-refractivity contribution in [3.05, 3.63) is 150 Å². The molecule has 0 amide bonds. The first kappa shape index (κ1) is 26.0. The zero-order valence-corrected chi connectivity index (χ0v) is 24.4. The van der Waals surface area contributed by atoms with E-state index in [0.29, 0.717) is 0 Å². The van der Waals surface area contributed by atoms with Gasteiger partial charge in [-0.2, -0.15) is 0 Å². The number of halogens is 1. The van der Waals surface area contributed by atoms with E-state index in [1.807, 2.05) is 30.0 Å². The molecule has 1 aliphatic heterocycles. The Balaban J connectivity index is 0.000000210. The molecule has 3 aliphatic rings. The molecule has 41 heavy (non-hydrogen) atoms. The van der Waals surface area contributed by atoms with E-state index in [9.17, 15) is 0 Å². The first-order valence-electron chi connectivity index (χ1n) is 14.1. The number of hydrogen-bond acceptors (Lipinski definition) is 3. The standard InChI is InChI=1S/C28H22ClN.C9H7NS/c1-17-9-14-26-24(15-17)25(29)16-27(30-26)23-8-4-6-19-11-12-21-20-7-3-2-5-18(20)10-13-22(21)28(19)23;1-2-4-9-8(3-1)7-10-5-6-11-9/h2-3,5-7,9-12,14-16,23H,4,8,13H2,1H3;1-7H. The predicted molar refractivity (Wildman–Crippen MR) is 174 cm³/mol. The number of benzene rings is 4. The Morgan fingerprint density at radius 3 is 2.68 bits per heavy atom. The summed E-state index contributed by atoms with van der Waals surface area (Å²) in [7, 11) is 0. The maximum absolute atomic E-state index is 6.74. The van der Waals surface area contributed by atoms with Gasteiger partial charge in [-0.15, -0.1) is 0 Å². The molecule has 1 aromatic heterocycles. The molecule has 0 bridgehead atoms. The molecule has 1 unspecified atom stereocenters. The summed E-state index contributed by atoms with van der Waals surface area (Å²) in [5.74, 6) is 0.279. The molecule has 2 heterocycles. The van der Waals surface area contributed by atoms with Crippen LogP contribution in [0.25, 0.3) is 23.1 Å². The second kappa shape index (κ2) is 11.2. The fourth-order valence-corrected chi connectivity index (χ4v) is 7.13. The highest BCUT2D eigenvalue weighted by atomic mass is 35.5. The van der Waals surface area contributed by atoms with E-state index >= 15 is 0 Å². The molecule has 0 fully saturated rings. The lowest BCUT2D eigenvalue weighted by Crippen LogP contribution is -2.24. The third-order valence-corrected chi connectivity index (χ3v) is 9.30. The summed E-state index contributed by atoms with van der Waals surface area (Å²) >= 11 is 8.44.